The molecule has 4 fully saturated rings. The molecule has 0 aliphatic heterocycles. The van der Waals surface area contributed by atoms with Crippen molar-refractivity contribution in [3.8, 4) is 0 Å². The van der Waals surface area contributed by atoms with Crippen molar-refractivity contribution in [2.24, 2.45) is 23.7 Å². The second-order valence-corrected chi connectivity index (χ2v) is 4.88. The Morgan fingerprint density at radius 2 is 0.643 bits per heavy atom. The molecule has 0 radical (unpaired) electrons. The molecule has 0 aromatic heterocycles. The number of rotatable bonds is 0. The van der Waals surface area contributed by atoms with E-state index in [4.69, 9.17) is 9.59 Å². The summed E-state index contributed by atoms with van der Waals surface area (Å²) >= 11 is 0. The molecule has 4 aliphatic carbocycles. The SMILES string of the molecule is C1C2CC3CC1CC(C2)C3.C=O.C=O. The molecule has 0 spiro atoms. The molecule has 4 bridgehead atoms. The zero-order chi connectivity index (χ0) is 10.6. The first-order valence-electron chi connectivity index (χ1n) is 5.48. The molecule has 0 heterocycles. The van der Waals surface area contributed by atoms with Gasteiger partial charge >= 0.3 is 0 Å². The smallest absolute Gasteiger partial charge is 0.106 e. The Morgan fingerprint density at radius 3 is 0.786 bits per heavy atom. The van der Waals surface area contributed by atoms with Crippen LogP contribution in [0.1, 0.15) is 38.5 Å². The molecule has 0 aromatic carbocycles. The molecule has 2 heteroatoms. The van der Waals surface area contributed by atoms with Gasteiger partial charge in [-0.1, -0.05) is 0 Å². The largest absolute Gasteiger partial charge is 0.307 e. The summed E-state index contributed by atoms with van der Waals surface area (Å²) in [5, 5.41) is 0. The van der Waals surface area contributed by atoms with Gasteiger partial charge in [-0.25, -0.2) is 0 Å². The molecule has 0 atom stereocenters. The van der Waals surface area contributed by atoms with E-state index in [1.54, 1.807) is 38.5 Å². The number of carbonyl (C=O) groups is 2. The monoisotopic (exact) mass is 196 g/mol. The number of hydrogen-bond acceptors (Lipinski definition) is 2. The fourth-order valence-corrected chi connectivity index (χ4v) is 3.98. The van der Waals surface area contributed by atoms with Gasteiger partial charge in [-0.2, -0.15) is 0 Å². The van der Waals surface area contributed by atoms with E-state index in [0.29, 0.717) is 0 Å². The Kier molecular flexibility index (Phi) is 4.30. The molecule has 0 amide bonds. The van der Waals surface area contributed by atoms with Gasteiger partial charge in [0, 0.05) is 0 Å². The van der Waals surface area contributed by atoms with Crippen LogP contribution in [0.15, 0.2) is 0 Å². The molecular formula is C12H20O2. The third-order valence-corrected chi connectivity index (χ3v) is 4.00. The lowest BCUT2D eigenvalue weighted by Crippen LogP contribution is -2.38. The molecule has 80 valence electrons. The van der Waals surface area contributed by atoms with Crippen LogP contribution >= 0.6 is 0 Å². The molecule has 0 aromatic rings. The summed E-state index contributed by atoms with van der Waals surface area (Å²) in [6.07, 6.45) is 9.62. The molecule has 4 rings (SSSR count). The lowest BCUT2D eigenvalue weighted by molar-refractivity contribution is -0.0987. The number of hydrogen-bond donors (Lipinski definition) is 0. The first-order valence-corrected chi connectivity index (χ1v) is 5.48. The third-order valence-electron chi connectivity index (χ3n) is 4.00. The van der Waals surface area contributed by atoms with Crippen molar-refractivity contribution in [3.05, 3.63) is 0 Å². The van der Waals surface area contributed by atoms with Crippen LogP contribution in [0, 0.1) is 23.7 Å². The van der Waals surface area contributed by atoms with E-state index in [0.717, 1.165) is 0 Å². The van der Waals surface area contributed by atoms with Gasteiger partial charge in [-0.3, -0.25) is 0 Å². The standard InChI is InChI=1S/C10H16.2CH2O/c1-7-2-9-4-8(1)5-10(3-7)6-9;2*1-2/h7-10H,1-6H2;2*1H2. The molecule has 4 saturated carbocycles. The molecular weight excluding hydrogens is 176 g/mol. The summed E-state index contributed by atoms with van der Waals surface area (Å²) in [4.78, 5) is 16.0. The zero-order valence-electron chi connectivity index (χ0n) is 8.78. The lowest BCUT2D eigenvalue weighted by Gasteiger charge is -2.49. The van der Waals surface area contributed by atoms with Gasteiger partial charge in [-0.05, 0) is 62.2 Å². The summed E-state index contributed by atoms with van der Waals surface area (Å²) in [6, 6.07) is 0. The minimum atomic E-state index is 1.18. The predicted molar refractivity (Wildman–Crippen MR) is 55.9 cm³/mol. The van der Waals surface area contributed by atoms with Crippen molar-refractivity contribution < 1.29 is 9.59 Å². The Labute approximate surface area is 86.1 Å². The van der Waals surface area contributed by atoms with E-state index in [1.807, 2.05) is 13.6 Å². The minimum absolute atomic E-state index is 1.18. The lowest BCUT2D eigenvalue weighted by atomic mass is 9.56. The maximum absolute atomic E-state index is 8.00. The number of carbonyl (C=O) groups excluding carboxylic acids is 2. The Morgan fingerprint density at radius 1 is 0.500 bits per heavy atom. The van der Waals surface area contributed by atoms with Gasteiger partial charge in [-0.15, -0.1) is 0 Å². The van der Waals surface area contributed by atoms with E-state index in [2.05, 4.69) is 0 Å². The van der Waals surface area contributed by atoms with Gasteiger partial charge in [0.25, 0.3) is 0 Å². The highest BCUT2D eigenvalue weighted by Crippen LogP contribution is 2.53. The highest BCUT2D eigenvalue weighted by atomic mass is 16.1. The summed E-state index contributed by atoms with van der Waals surface area (Å²) in [5.41, 5.74) is 0. The van der Waals surface area contributed by atoms with Gasteiger partial charge in [0.1, 0.15) is 13.6 Å². The van der Waals surface area contributed by atoms with Gasteiger partial charge < -0.3 is 9.59 Å². The van der Waals surface area contributed by atoms with Crippen LogP contribution in [0.4, 0.5) is 0 Å². The van der Waals surface area contributed by atoms with E-state index in [1.165, 1.54) is 23.7 Å². The van der Waals surface area contributed by atoms with Crippen molar-refractivity contribution in [2.75, 3.05) is 0 Å². The van der Waals surface area contributed by atoms with Crippen molar-refractivity contribution >= 4 is 13.6 Å². The maximum Gasteiger partial charge on any atom is 0.106 e. The predicted octanol–water partition coefficient (Wildman–Crippen LogP) is 2.46. The Bertz CT molecular complexity index is 121. The van der Waals surface area contributed by atoms with Gasteiger partial charge in [0.15, 0.2) is 0 Å². The molecule has 2 nitrogen and oxygen atoms in total. The molecule has 14 heavy (non-hydrogen) atoms. The Balaban J connectivity index is 0.000000222. The maximum atomic E-state index is 8.00. The van der Waals surface area contributed by atoms with Crippen LogP contribution < -0.4 is 0 Å². The van der Waals surface area contributed by atoms with Gasteiger partial charge in [0.2, 0.25) is 0 Å². The normalized spacial score (nSPS) is 41.7. The second kappa shape index (κ2) is 5.28. The van der Waals surface area contributed by atoms with Crippen LogP contribution in [-0.2, 0) is 9.59 Å². The first-order chi connectivity index (χ1) is 6.90. The highest BCUT2D eigenvalue weighted by Gasteiger charge is 2.41. The van der Waals surface area contributed by atoms with Crippen LogP contribution in [0.5, 0.6) is 0 Å². The summed E-state index contributed by atoms with van der Waals surface area (Å²) < 4.78 is 0. The van der Waals surface area contributed by atoms with Crippen molar-refractivity contribution in [2.45, 2.75) is 38.5 Å². The fourth-order valence-electron chi connectivity index (χ4n) is 3.98. The van der Waals surface area contributed by atoms with E-state index in [9.17, 15) is 0 Å². The van der Waals surface area contributed by atoms with E-state index >= 15 is 0 Å². The quantitative estimate of drug-likeness (QED) is 0.596. The second-order valence-electron chi connectivity index (χ2n) is 4.88. The van der Waals surface area contributed by atoms with E-state index < -0.39 is 0 Å². The zero-order valence-corrected chi connectivity index (χ0v) is 8.78. The average Bonchev–Trinajstić information content (AvgIpc) is 2.22. The van der Waals surface area contributed by atoms with Crippen LogP contribution in [0.25, 0.3) is 0 Å². The van der Waals surface area contributed by atoms with Crippen LogP contribution in [-0.4, -0.2) is 13.6 Å². The molecule has 0 unspecified atom stereocenters. The molecule has 4 aliphatic rings. The van der Waals surface area contributed by atoms with Crippen LogP contribution in [0.2, 0.25) is 0 Å². The van der Waals surface area contributed by atoms with Crippen LogP contribution in [0.3, 0.4) is 0 Å². The molecule has 0 N–H and O–H groups in total. The average molecular weight is 196 g/mol. The summed E-state index contributed by atoms with van der Waals surface area (Å²) in [5.74, 6) is 4.71. The van der Waals surface area contributed by atoms with Gasteiger partial charge in [0.05, 0.1) is 0 Å². The van der Waals surface area contributed by atoms with E-state index in [-0.39, 0.29) is 0 Å². The van der Waals surface area contributed by atoms with Crippen molar-refractivity contribution in [1.82, 2.24) is 0 Å². The van der Waals surface area contributed by atoms with Crippen molar-refractivity contribution in [3.63, 3.8) is 0 Å². The first kappa shape index (κ1) is 11.4. The Hall–Kier alpha value is -0.660. The third kappa shape index (κ3) is 2.23. The summed E-state index contributed by atoms with van der Waals surface area (Å²) in [6.45, 7) is 4.00. The minimum Gasteiger partial charge on any atom is -0.307 e. The van der Waals surface area contributed by atoms with Crippen molar-refractivity contribution in [1.29, 1.82) is 0 Å². The fraction of sp³-hybridized carbons (Fsp3) is 0.833. The highest BCUT2D eigenvalue weighted by molar-refractivity contribution is 5.11. The molecule has 0 saturated heterocycles. The topological polar surface area (TPSA) is 34.1 Å². The summed E-state index contributed by atoms with van der Waals surface area (Å²) in [7, 11) is 0.